The molecule has 0 spiro atoms. The van der Waals surface area contributed by atoms with Crippen molar-refractivity contribution in [2.45, 2.75) is 58.3 Å². The molecule has 1 aromatic heterocycles. The van der Waals surface area contributed by atoms with Crippen molar-refractivity contribution in [1.29, 1.82) is 0 Å². The summed E-state index contributed by atoms with van der Waals surface area (Å²) < 4.78 is 7.43. The second-order valence-corrected chi connectivity index (χ2v) is 6.42. The fraction of sp³-hybridized carbons (Fsp3) is 0.769. The van der Waals surface area contributed by atoms with E-state index in [4.69, 9.17) is 4.65 Å². The Morgan fingerprint density at radius 1 is 1.42 bits per heavy atom. The zero-order valence-electron chi connectivity index (χ0n) is 12.1. The highest BCUT2D eigenvalue weighted by Gasteiger charge is 2.40. The largest absolute Gasteiger partial charge is 0.510 e. The van der Waals surface area contributed by atoms with Gasteiger partial charge in [-0.15, -0.1) is 0 Å². The fourth-order valence-corrected chi connectivity index (χ4v) is 1.73. The van der Waals surface area contributed by atoms with Crippen molar-refractivity contribution >= 4 is 12.7 Å². The Bertz CT molecular complexity index is 435. The molecule has 6 heteroatoms. The summed E-state index contributed by atoms with van der Waals surface area (Å²) in [6.45, 7) is 7.68. The molecule has 1 aliphatic carbocycles. The maximum absolute atomic E-state index is 10.2. The number of hydrogen-bond acceptors (Lipinski definition) is 4. The summed E-state index contributed by atoms with van der Waals surface area (Å²) >= 11 is 0. The predicted octanol–water partition coefficient (Wildman–Crippen LogP) is 0.547. The Hall–Kier alpha value is -0.845. The second kappa shape index (κ2) is 4.92. The van der Waals surface area contributed by atoms with Gasteiger partial charge in [-0.1, -0.05) is 0 Å². The summed E-state index contributed by atoms with van der Waals surface area (Å²) in [6.07, 6.45) is 4.12. The summed E-state index contributed by atoms with van der Waals surface area (Å²) in [5, 5.41) is 24.5. The molecule has 1 saturated carbocycles. The molecule has 0 atom stereocenters. The first kappa shape index (κ1) is 14.6. The maximum atomic E-state index is 10.2. The van der Waals surface area contributed by atoms with E-state index in [0.717, 1.165) is 6.54 Å². The lowest BCUT2D eigenvalue weighted by atomic mass is 9.80. The van der Waals surface area contributed by atoms with Gasteiger partial charge in [-0.3, -0.25) is 4.68 Å². The van der Waals surface area contributed by atoms with E-state index in [1.165, 1.54) is 12.8 Å². The van der Waals surface area contributed by atoms with Crippen LogP contribution in [0.1, 0.15) is 40.5 Å². The van der Waals surface area contributed by atoms with Crippen LogP contribution in [-0.2, 0) is 11.2 Å². The quantitative estimate of drug-likeness (QED) is 0.738. The van der Waals surface area contributed by atoms with Crippen molar-refractivity contribution in [3.63, 3.8) is 0 Å². The molecular weight excluding hydrogens is 243 g/mol. The lowest BCUT2D eigenvalue weighted by Gasteiger charge is -2.38. The van der Waals surface area contributed by atoms with Crippen molar-refractivity contribution in [3.8, 4) is 0 Å². The van der Waals surface area contributed by atoms with Gasteiger partial charge >= 0.3 is 7.12 Å². The monoisotopic (exact) mass is 266 g/mol. The van der Waals surface area contributed by atoms with Crippen LogP contribution >= 0.6 is 0 Å². The molecule has 0 saturated heterocycles. The molecule has 0 radical (unpaired) electrons. The molecule has 106 valence electrons. The van der Waals surface area contributed by atoms with E-state index >= 15 is 0 Å². The number of hydrogen-bond donors (Lipinski definition) is 2. The smallest absolute Gasteiger partial charge is 0.422 e. The van der Waals surface area contributed by atoms with Crippen LogP contribution in [0.25, 0.3) is 0 Å². The third-order valence-electron chi connectivity index (χ3n) is 4.01. The molecule has 0 amide bonds. The fourth-order valence-electron chi connectivity index (χ4n) is 1.73. The van der Waals surface area contributed by atoms with E-state index in [-0.39, 0.29) is 0 Å². The van der Waals surface area contributed by atoms with Crippen LogP contribution < -0.4 is 5.59 Å². The molecule has 1 aliphatic rings. The lowest BCUT2D eigenvalue weighted by molar-refractivity contribution is -0.0984. The highest BCUT2D eigenvalue weighted by Crippen LogP contribution is 2.30. The van der Waals surface area contributed by atoms with Gasteiger partial charge in [-0.05, 0) is 52.5 Å². The maximum Gasteiger partial charge on any atom is 0.510 e. The van der Waals surface area contributed by atoms with Gasteiger partial charge in [0.05, 0.1) is 16.8 Å². The normalized spacial score (nSPS) is 16.7. The van der Waals surface area contributed by atoms with Crippen molar-refractivity contribution in [2.75, 3.05) is 0 Å². The van der Waals surface area contributed by atoms with E-state index in [1.54, 1.807) is 44.6 Å². The van der Waals surface area contributed by atoms with Crippen LogP contribution in [0.2, 0.25) is 0 Å². The van der Waals surface area contributed by atoms with Crippen molar-refractivity contribution in [1.82, 2.24) is 9.78 Å². The van der Waals surface area contributed by atoms with Gasteiger partial charge in [0.25, 0.3) is 0 Å². The van der Waals surface area contributed by atoms with Crippen LogP contribution in [0.4, 0.5) is 0 Å². The van der Waals surface area contributed by atoms with Gasteiger partial charge in [0.1, 0.15) is 0 Å². The minimum Gasteiger partial charge on any atom is -0.422 e. The van der Waals surface area contributed by atoms with Gasteiger partial charge < -0.3 is 14.8 Å². The zero-order chi connectivity index (χ0) is 14.3. The number of aromatic nitrogens is 2. The summed E-state index contributed by atoms with van der Waals surface area (Å²) in [4.78, 5) is 0. The van der Waals surface area contributed by atoms with Crippen molar-refractivity contribution in [3.05, 3.63) is 12.3 Å². The zero-order valence-corrected chi connectivity index (χ0v) is 12.1. The van der Waals surface area contributed by atoms with E-state index in [0.29, 0.717) is 11.5 Å². The first-order valence-electron chi connectivity index (χ1n) is 6.81. The molecule has 1 fully saturated rings. The Morgan fingerprint density at radius 3 is 2.58 bits per heavy atom. The van der Waals surface area contributed by atoms with Crippen LogP contribution in [0.5, 0.6) is 0 Å². The highest BCUT2D eigenvalue weighted by atomic mass is 16.5. The third kappa shape index (κ3) is 3.38. The van der Waals surface area contributed by atoms with Crippen LogP contribution in [-0.4, -0.2) is 38.2 Å². The lowest BCUT2D eigenvalue weighted by Crippen LogP contribution is -2.54. The molecule has 0 aromatic carbocycles. The molecule has 5 nitrogen and oxygen atoms in total. The Labute approximate surface area is 114 Å². The van der Waals surface area contributed by atoms with E-state index in [2.05, 4.69) is 5.10 Å². The van der Waals surface area contributed by atoms with E-state index in [9.17, 15) is 10.1 Å². The standard InChI is InChI=1S/C13H23BN2O3/c1-12(2,17)13(3,4)19-14(18)11-7-8-15-16(11)9-10-5-6-10/h7-8,10,17-18H,5-6,9H2,1-4H3. The molecule has 0 bridgehead atoms. The number of nitrogens with zero attached hydrogens (tertiary/aromatic N) is 2. The van der Waals surface area contributed by atoms with Crippen molar-refractivity contribution < 1.29 is 14.8 Å². The third-order valence-corrected chi connectivity index (χ3v) is 4.01. The van der Waals surface area contributed by atoms with Gasteiger partial charge in [-0.25, -0.2) is 0 Å². The molecule has 2 rings (SSSR count). The summed E-state index contributed by atoms with van der Waals surface area (Å²) in [5.74, 6) is 0.674. The topological polar surface area (TPSA) is 67.5 Å². The van der Waals surface area contributed by atoms with Gasteiger partial charge in [0.15, 0.2) is 0 Å². The Morgan fingerprint density at radius 2 is 2.05 bits per heavy atom. The number of aliphatic hydroxyl groups is 1. The first-order chi connectivity index (χ1) is 8.71. The van der Waals surface area contributed by atoms with Crippen LogP contribution in [0.15, 0.2) is 12.3 Å². The Balaban J connectivity index is 2.07. The molecule has 19 heavy (non-hydrogen) atoms. The summed E-state index contributed by atoms with van der Waals surface area (Å²) in [5.41, 5.74) is -1.26. The molecular formula is C13H23BN2O3. The van der Waals surface area contributed by atoms with Crippen molar-refractivity contribution in [2.24, 2.45) is 5.92 Å². The highest BCUT2D eigenvalue weighted by molar-refractivity contribution is 6.59. The van der Waals surface area contributed by atoms with Gasteiger partial charge in [0, 0.05) is 12.7 Å². The average molecular weight is 266 g/mol. The molecule has 2 N–H and O–H groups in total. The number of rotatable bonds is 6. The van der Waals surface area contributed by atoms with E-state index < -0.39 is 18.3 Å². The SMILES string of the molecule is CC(C)(O)C(C)(C)OB(O)c1ccnn1CC1CC1. The first-order valence-corrected chi connectivity index (χ1v) is 6.81. The average Bonchev–Trinajstić information content (AvgIpc) is 2.92. The molecule has 1 heterocycles. The van der Waals surface area contributed by atoms with Crippen LogP contribution in [0.3, 0.4) is 0 Å². The summed E-state index contributed by atoms with van der Waals surface area (Å²) in [6, 6.07) is 1.76. The Kier molecular flexibility index (Phi) is 3.77. The predicted molar refractivity (Wildman–Crippen MR) is 74.0 cm³/mol. The van der Waals surface area contributed by atoms with Gasteiger partial charge in [0.2, 0.25) is 0 Å². The van der Waals surface area contributed by atoms with Crippen LogP contribution in [0, 0.1) is 5.92 Å². The molecule has 1 aromatic rings. The summed E-state index contributed by atoms with van der Waals surface area (Å²) in [7, 11) is -1.08. The molecule has 0 aliphatic heterocycles. The molecule has 0 unspecified atom stereocenters. The van der Waals surface area contributed by atoms with Gasteiger partial charge in [-0.2, -0.15) is 5.10 Å². The minimum atomic E-state index is -1.08. The van der Waals surface area contributed by atoms with E-state index in [1.807, 2.05) is 0 Å². The second-order valence-electron chi connectivity index (χ2n) is 6.42. The minimum absolute atomic E-state index is 0.643.